The highest BCUT2D eigenvalue weighted by atomic mass is 79.9. The second-order valence-corrected chi connectivity index (χ2v) is 6.15. The van der Waals surface area contributed by atoms with Gasteiger partial charge in [0.05, 0.1) is 11.1 Å². The first-order valence-electron chi connectivity index (χ1n) is 5.77. The van der Waals surface area contributed by atoms with Crippen LogP contribution in [0.2, 0.25) is 5.02 Å². The average molecular weight is 346 g/mol. The SMILES string of the molecule is CCC(NCc1ccc(Cl)c(Br)c1)c1nccs1. The zero-order chi connectivity index (χ0) is 13.0. The van der Waals surface area contributed by atoms with Crippen molar-refractivity contribution < 1.29 is 0 Å². The lowest BCUT2D eigenvalue weighted by molar-refractivity contribution is 0.516. The molecule has 2 nitrogen and oxygen atoms in total. The van der Waals surface area contributed by atoms with Gasteiger partial charge in [-0.25, -0.2) is 4.98 Å². The maximum atomic E-state index is 5.98. The van der Waals surface area contributed by atoms with Crippen molar-refractivity contribution in [3.05, 3.63) is 49.8 Å². The van der Waals surface area contributed by atoms with Gasteiger partial charge in [-0.3, -0.25) is 0 Å². The first-order valence-corrected chi connectivity index (χ1v) is 7.82. The van der Waals surface area contributed by atoms with E-state index < -0.39 is 0 Å². The number of hydrogen-bond donors (Lipinski definition) is 1. The summed E-state index contributed by atoms with van der Waals surface area (Å²) < 4.78 is 0.936. The molecule has 1 N–H and O–H groups in total. The van der Waals surface area contributed by atoms with E-state index in [4.69, 9.17) is 11.6 Å². The fourth-order valence-corrected chi connectivity index (χ4v) is 3.04. The number of nitrogens with zero attached hydrogens (tertiary/aromatic N) is 1. The molecule has 2 aromatic rings. The van der Waals surface area contributed by atoms with Gasteiger partial charge in [-0.2, -0.15) is 0 Å². The van der Waals surface area contributed by atoms with Gasteiger partial charge in [0.1, 0.15) is 5.01 Å². The third-order valence-electron chi connectivity index (χ3n) is 2.69. The van der Waals surface area contributed by atoms with Crippen LogP contribution in [0.15, 0.2) is 34.2 Å². The lowest BCUT2D eigenvalue weighted by Crippen LogP contribution is -2.20. The van der Waals surface area contributed by atoms with Crippen molar-refractivity contribution >= 4 is 38.9 Å². The van der Waals surface area contributed by atoms with Crippen LogP contribution in [0.3, 0.4) is 0 Å². The Balaban J connectivity index is 1.99. The third-order valence-corrected chi connectivity index (χ3v) is 4.80. The molecule has 0 saturated carbocycles. The van der Waals surface area contributed by atoms with Gasteiger partial charge in [-0.1, -0.05) is 24.6 Å². The zero-order valence-corrected chi connectivity index (χ0v) is 13.1. The van der Waals surface area contributed by atoms with Crippen LogP contribution in [-0.4, -0.2) is 4.98 Å². The Morgan fingerprint density at radius 1 is 1.50 bits per heavy atom. The number of rotatable bonds is 5. The molecule has 0 aliphatic heterocycles. The van der Waals surface area contributed by atoms with Gasteiger partial charge in [0.25, 0.3) is 0 Å². The van der Waals surface area contributed by atoms with Crippen molar-refractivity contribution in [1.29, 1.82) is 0 Å². The Bertz CT molecular complexity index is 502. The van der Waals surface area contributed by atoms with E-state index in [0.717, 1.165) is 27.5 Å². The zero-order valence-electron chi connectivity index (χ0n) is 9.99. The number of thiazole rings is 1. The fraction of sp³-hybridized carbons (Fsp3) is 0.308. The van der Waals surface area contributed by atoms with Crippen LogP contribution in [-0.2, 0) is 6.54 Å². The van der Waals surface area contributed by atoms with Gasteiger partial charge in [0, 0.05) is 22.6 Å². The van der Waals surface area contributed by atoms with Crippen molar-refractivity contribution in [3.63, 3.8) is 0 Å². The molecule has 2 rings (SSSR count). The van der Waals surface area contributed by atoms with E-state index in [2.05, 4.69) is 33.2 Å². The van der Waals surface area contributed by atoms with Gasteiger partial charge in [-0.05, 0) is 40.0 Å². The van der Waals surface area contributed by atoms with E-state index in [1.54, 1.807) is 11.3 Å². The highest BCUT2D eigenvalue weighted by Crippen LogP contribution is 2.24. The van der Waals surface area contributed by atoms with Gasteiger partial charge in [0.15, 0.2) is 0 Å². The maximum absolute atomic E-state index is 5.98. The third kappa shape index (κ3) is 3.54. The summed E-state index contributed by atoms with van der Waals surface area (Å²) in [6.07, 6.45) is 2.88. The monoisotopic (exact) mass is 344 g/mol. The van der Waals surface area contributed by atoms with Crippen LogP contribution >= 0.6 is 38.9 Å². The van der Waals surface area contributed by atoms with Gasteiger partial charge >= 0.3 is 0 Å². The predicted molar refractivity (Wildman–Crippen MR) is 81.1 cm³/mol. The Kier molecular flexibility index (Phi) is 5.18. The lowest BCUT2D eigenvalue weighted by atomic mass is 10.2. The summed E-state index contributed by atoms with van der Waals surface area (Å²) in [5.41, 5.74) is 1.21. The second kappa shape index (κ2) is 6.66. The number of nitrogens with one attached hydrogen (secondary N) is 1. The van der Waals surface area contributed by atoms with Crippen molar-refractivity contribution in [1.82, 2.24) is 10.3 Å². The quantitative estimate of drug-likeness (QED) is 0.842. The summed E-state index contributed by atoms with van der Waals surface area (Å²) in [6, 6.07) is 6.31. The normalized spacial score (nSPS) is 12.6. The van der Waals surface area contributed by atoms with Crippen molar-refractivity contribution in [2.45, 2.75) is 25.9 Å². The van der Waals surface area contributed by atoms with Gasteiger partial charge in [-0.15, -0.1) is 11.3 Å². The first-order chi connectivity index (χ1) is 8.70. The summed E-state index contributed by atoms with van der Waals surface area (Å²) in [7, 11) is 0. The number of hydrogen-bond acceptors (Lipinski definition) is 3. The Labute approximate surface area is 125 Å². The molecule has 18 heavy (non-hydrogen) atoms. The number of aromatic nitrogens is 1. The van der Waals surface area contributed by atoms with Crippen LogP contribution < -0.4 is 5.32 Å². The van der Waals surface area contributed by atoms with E-state index in [1.165, 1.54) is 5.56 Å². The van der Waals surface area contributed by atoms with Crippen LogP contribution in [0.5, 0.6) is 0 Å². The van der Waals surface area contributed by atoms with E-state index in [-0.39, 0.29) is 0 Å². The van der Waals surface area contributed by atoms with Crippen LogP contribution in [0, 0.1) is 0 Å². The molecule has 1 aromatic carbocycles. The largest absolute Gasteiger partial charge is 0.304 e. The Morgan fingerprint density at radius 3 is 2.94 bits per heavy atom. The molecule has 0 bridgehead atoms. The lowest BCUT2D eigenvalue weighted by Gasteiger charge is -2.14. The summed E-state index contributed by atoms with van der Waals surface area (Å²) in [5.74, 6) is 0. The average Bonchev–Trinajstić information content (AvgIpc) is 2.88. The molecule has 1 heterocycles. The number of benzene rings is 1. The summed E-state index contributed by atoms with van der Waals surface area (Å²) in [4.78, 5) is 4.36. The molecular formula is C13H14BrClN2S. The van der Waals surface area contributed by atoms with E-state index >= 15 is 0 Å². The topological polar surface area (TPSA) is 24.9 Å². The molecule has 5 heteroatoms. The highest BCUT2D eigenvalue weighted by molar-refractivity contribution is 9.10. The highest BCUT2D eigenvalue weighted by Gasteiger charge is 2.11. The molecule has 1 atom stereocenters. The summed E-state index contributed by atoms with van der Waals surface area (Å²) in [5, 5.41) is 7.42. The minimum absolute atomic E-state index is 0.319. The molecule has 0 fully saturated rings. The molecule has 0 spiro atoms. The Hall–Kier alpha value is -0.420. The molecule has 1 unspecified atom stereocenters. The first kappa shape index (κ1) is 14.0. The smallest absolute Gasteiger partial charge is 0.109 e. The van der Waals surface area contributed by atoms with E-state index in [1.807, 2.05) is 29.8 Å². The summed E-state index contributed by atoms with van der Waals surface area (Å²) in [6.45, 7) is 2.98. The maximum Gasteiger partial charge on any atom is 0.109 e. The molecule has 0 radical (unpaired) electrons. The predicted octanol–water partition coefficient (Wildman–Crippen LogP) is 4.80. The molecule has 0 saturated heterocycles. The van der Waals surface area contributed by atoms with Crippen molar-refractivity contribution in [2.75, 3.05) is 0 Å². The van der Waals surface area contributed by atoms with Crippen molar-refractivity contribution in [2.24, 2.45) is 0 Å². The van der Waals surface area contributed by atoms with Crippen LogP contribution in [0.4, 0.5) is 0 Å². The molecule has 0 aliphatic carbocycles. The van der Waals surface area contributed by atoms with Gasteiger partial charge in [0.2, 0.25) is 0 Å². The standard InChI is InChI=1S/C13H14BrClN2S/c1-2-12(13-16-5-6-18-13)17-8-9-3-4-11(15)10(14)7-9/h3-7,12,17H,2,8H2,1H3. The second-order valence-electron chi connectivity index (χ2n) is 3.96. The minimum Gasteiger partial charge on any atom is -0.304 e. The molecule has 0 aliphatic rings. The minimum atomic E-state index is 0.319. The summed E-state index contributed by atoms with van der Waals surface area (Å²) >= 11 is 11.1. The van der Waals surface area contributed by atoms with Crippen molar-refractivity contribution in [3.8, 4) is 0 Å². The van der Waals surface area contributed by atoms with Crippen LogP contribution in [0.1, 0.15) is 30.0 Å². The van der Waals surface area contributed by atoms with E-state index in [0.29, 0.717) is 6.04 Å². The van der Waals surface area contributed by atoms with Crippen LogP contribution in [0.25, 0.3) is 0 Å². The molecule has 96 valence electrons. The molecule has 1 aromatic heterocycles. The number of halogens is 2. The fourth-order valence-electron chi connectivity index (χ4n) is 1.70. The Morgan fingerprint density at radius 2 is 2.33 bits per heavy atom. The van der Waals surface area contributed by atoms with E-state index in [9.17, 15) is 0 Å². The van der Waals surface area contributed by atoms with Gasteiger partial charge < -0.3 is 5.32 Å². The molecular weight excluding hydrogens is 332 g/mol. The molecule has 0 amide bonds.